The van der Waals surface area contributed by atoms with Crippen molar-refractivity contribution < 1.29 is 4.39 Å². The summed E-state index contributed by atoms with van der Waals surface area (Å²) in [6.07, 6.45) is 0. The van der Waals surface area contributed by atoms with Gasteiger partial charge in [-0.3, -0.25) is 0 Å². The Labute approximate surface area is 840 Å². The van der Waals surface area contributed by atoms with Crippen molar-refractivity contribution in [2.24, 2.45) is 0 Å². The van der Waals surface area contributed by atoms with Crippen molar-refractivity contribution >= 4 is 291 Å². The van der Waals surface area contributed by atoms with Gasteiger partial charge in [-0.05, 0) is 298 Å². The fourth-order valence-corrected chi connectivity index (χ4v) is 26.6. The van der Waals surface area contributed by atoms with Crippen LogP contribution in [0.2, 0.25) is 0 Å². The van der Waals surface area contributed by atoms with E-state index in [0.717, 1.165) is 117 Å². The summed E-state index contributed by atoms with van der Waals surface area (Å²) < 4.78 is 30.0. The molecule has 27 aromatic rings. The van der Waals surface area contributed by atoms with Gasteiger partial charge in [0.2, 0.25) is 0 Å². The Kier molecular flexibility index (Phi) is 22.8. The number of thiophene rings is 6. The number of halogens is 1. The molecular formula is C128H87FN6S6. The van der Waals surface area contributed by atoms with Crippen LogP contribution in [0.25, 0.3) is 121 Å². The fraction of sp³-hybridized carbons (Fsp3) is 0.0156. The van der Waals surface area contributed by atoms with Gasteiger partial charge in [-0.2, -0.15) is 0 Å². The molecule has 21 aromatic carbocycles. The molecule has 672 valence electrons. The Bertz CT molecular complexity index is 9240. The summed E-state index contributed by atoms with van der Waals surface area (Å²) >= 11 is 10.9. The van der Waals surface area contributed by atoms with Gasteiger partial charge in [-0.1, -0.05) is 218 Å². The van der Waals surface area contributed by atoms with Crippen molar-refractivity contribution in [1.29, 1.82) is 0 Å². The summed E-state index contributed by atoms with van der Waals surface area (Å²) in [4.78, 5) is 14.0. The molecule has 6 nitrogen and oxygen atoms in total. The molecule has 6 heterocycles. The third-order valence-corrected chi connectivity index (χ3v) is 33.3. The highest BCUT2D eigenvalue weighted by Gasteiger charge is 2.26. The third-order valence-electron chi connectivity index (χ3n) is 26.4. The average molecular weight is 1920 g/mol. The maximum atomic E-state index is 15.1. The average Bonchev–Trinajstić information content (AvgIpc) is 1.63. The van der Waals surface area contributed by atoms with Crippen molar-refractivity contribution in [2.75, 3.05) is 29.4 Å². The predicted molar refractivity (Wildman–Crippen MR) is 614 cm³/mol. The minimum atomic E-state index is -0.179. The van der Waals surface area contributed by atoms with Gasteiger partial charge < -0.3 is 29.4 Å². The van der Waals surface area contributed by atoms with Crippen LogP contribution in [-0.4, -0.2) is 0 Å². The molecule has 0 saturated carbocycles. The fourth-order valence-electron chi connectivity index (χ4n) is 19.9. The second-order valence-corrected chi connectivity index (χ2v) is 41.9. The maximum absolute atomic E-state index is 15.1. The number of anilines is 18. The number of benzene rings is 21. The lowest BCUT2D eigenvalue weighted by molar-refractivity contribution is 0.641. The van der Waals surface area contributed by atoms with Crippen LogP contribution < -0.4 is 29.4 Å². The summed E-state index contributed by atoms with van der Waals surface area (Å²) in [5.74, 6) is -0.179. The van der Waals surface area contributed by atoms with E-state index in [2.05, 4.69) is 510 Å². The van der Waals surface area contributed by atoms with E-state index in [-0.39, 0.29) is 5.82 Å². The summed E-state index contributed by atoms with van der Waals surface area (Å²) in [6.45, 7) is 4.30. The smallest absolute Gasteiger partial charge is 0.132 e. The van der Waals surface area contributed by atoms with Crippen LogP contribution in [0.4, 0.5) is 107 Å². The quantitative estimate of drug-likeness (QED) is 0.0847. The highest BCUT2D eigenvalue weighted by Crippen LogP contribution is 2.52. The monoisotopic (exact) mass is 1920 g/mol. The third kappa shape index (κ3) is 16.5. The zero-order valence-corrected chi connectivity index (χ0v) is 81.7. The second-order valence-electron chi connectivity index (χ2n) is 35.4. The minimum Gasteiger partial charge on any atom is -0.310 e. The Morgan fingerprint density at radius 2 is 0.333 bits per heavy atom. The van der Waals surface area contributed by atoms with Crippen LogP contribution in [0.5, 0.6) is 0 Å². The summed E-state index contributed by atoms with van der Waals surface area (Å²) in [5, 5.41) is 14.4. The molecule has 0 amide bonds. The Morgan fingerprint density at radius 3 is 0.652 bits per heavy atom. The molecule has 27 rings (SSSR count). The van der Waals surface area contributed by atoms with E-state index in [0.29, 0.717) is 5.39 Å². The van der Waals surface area contributed by atoms with E-state index in [4.69, 9.17) is 0 Å². The molecule has 0 fully saturated rings. The van der Waals surface area contributed by atoms with Gasteiger partial charge in [-0.25, -0.2) is 4.39 Å². The number of rotatable bonds is 18. The van der Waals surface area contributed by atoms with E-state index >= 15 is 4.39 Å². The SMILES string of the molecule is Cc1ccc(N(c2ccccc2)c2ccc3sc4cc(N(c5ccccc5)c5ccc6sc7ccccc7c6c5)ccc4c3c2)cc1.Cc1ccc2c(c1)sc1ccc(N(c3ccccc3)c3ccc4c(c3)sc3ccc(N(c5ccccc5)c5ccccc5)cc34)cc12.Fc1cccc2sc3ccc(N(c4ccccc4)c4ccc5c(c4)sc4ccc(N(c6ccccc6)c6ccccc6)cc45)cc3c12. The first-order chi connectivity index (χ1) is 69.6. The highest BCUT2D eigenvalue weighted by atomic mass is 32.1. The Balaban J connectivity index is 0.000000111. The van der Waals surface area contributed by atoms with Gasteiger partial charge in [0.1, 0.15) is 5.82 Å². The van der Waals surface area contributed by atoms with Crippen molar-refractivity contribution in [2.45, 2.75) is 13.8 Å². The maximum Gasteiger partial charge on any atom is 0.132 e. The lowest BCUT2D eigenvalue weighted by atomic mass is 10.1. The summed E-state index contributed by atoms with van der Waals surface area (Å²) in [7, 11) is 0. The molecule has 13 heteroatoms. The number of fused-ring (bicyclic) bond motifs is 18. The molecule has 0 bridgehead atoms. The molecule has 0 radical (unpaired) electrons. The number of aryl methyl sites for hydroxylation is 2. The molecule has 0 spiro atoms. The van der Waals surface area contributed by atoms with Gasteiger partial charge in [0.05, 0.1) is 0 Å². The van der Waals surface area contributed by atoms with Gasteiger partial charge in [0.15, 0.2) is 0 Å². The molecule has 0 aliphatic carbocycles. The standard InChI is InChI=1S/2C43H30N2S2.C42H27FN2S2/c1-29-17-21-36-38-27-34(20-24-40(38)46-42(36)25-29)45(32-15-9-4-10-16-32)35-18-22-37-39-26-33(19-23-41(39)47-43(37)28-35)44(30-11-5-2-6-12-30)31-13-7-3-8-14-31;1-29-16-18-32(19-17-29)44(30-10-4-2-5-11-30)33-21-25-42-39(26-33)37-23-20-35(28-43(37)47-42)45(31-12-6-3-7-13-31)34-22-24-41-38(27-34)36-14-8-9-15-40(36)46-41;43-37-17-10-18-40-42(37)36-26-32(21-24-39(36)46-40)45(30-15-8-3-9-16-30)33-19-22-34-35-25-31(20-23-38(35)47-41(34)27-33)44(28-11-4-1-5-12-28)29-13-6-2-7-14-29/h2*2-28H,1H3;1-27H. The molecule has 0 aliphatic rings. The van der Waals surface area contributed by atoms with Crippen LogP contribution in [0.3, 0.4) is 0 Å². The number of para-hydroxylation sites is 8. The van der Waals surface area contributed by atoms with Crippen LogP contribution in [0, 0.1) is 19.7 Å². The Hall–Kier alpha value is -16.3. The topological polar surface area (TPSA) is 19.4 Å². The normalized spacial score (nSPS) is 11.5. The van der Waals surface area contributed by atoms with Gasteiger partial charge in [0, 0.05) is 223 Å². The van der Waals surface area contributed by atoms with Crippen molar-refractivity contribution in [3.05, 3.63) is 508 Å². The van der Waals surface area contributed by atoms with Gasteiger partial charge in [-0.15, -0.1) is 68.0 Å². The molecule has 0 N–H and O–H groups in total. The van der Waals surface area contributed by atoms with Crippen LogP contribution in [0.15, 0.2) is 491 Å². The Morgan fingerprint density at radius 1 is 0.135 bits per heavy atom. The van der Waals surface area contributed by atoms with Crippen LogP contribution in [-0.2, 0) is 0 Å². The minimum absolute atomic E-state index is 0.179. The van der Waals surface area contributed by atoms with E-state index in [1.165, 1.54) is 112 Å². The largest absolute Gasteiger partial charge is 0.310 e. The molecular weight excluding hydrogens is 1830 g/mol. The molecule has 0 unspecified atom stereocenters. The van der Waals surface area contributed by atoms with E-state index in [1.54, 1.807) is 23.5 Å². The number of hydrogen-bond acceptors (Lipinski definition) is 12. The first-order valence-electron chi connectivity index (χ1n) is 47.2. The van der Waals surface area contributed by atoms with Crippen LogP contribution in [0.1, 0.15) is 11.1 Å². The first kappa shape index (κ1) is 86.3. The van der Waals surface area contributed by atoms with Gasteiger partial charge in [0.25, 0.3) is 0 Å². The second kappa shape index (κ2) is 37.2. The first-order valence-corrected chi connectivity index (χ1v) is 52.1. The summed E-state index contributed by atoms with van der Waals surface area (Å²) in [5.41, 5.74) is 22.8. The number of hydrogen-bond donors (Lipinski definition) is 0. The summed E-state index contributed by atoms with van der Waals surface area (Å²) in [6, 6.07) is 176. The lowest BCUT2D eigenvalue weighted by Gasteiger charge is -2.26. The molecule has 141 heavy (non-hydrogen) atoms. The van der Waals surface area contributed by atoms with E-state index in [1.807, 2.05) is 68.8 Å². The van der Waals surface area contributed by atoms with Gasteiger partial charge >= 0.3 is 0 Å². The molecule has 0 saturated heterocycles. The molecule has 0 aliphatic heterocycles. The van der Waals surface area contributed by atoms with Crippen molar-refractivity contribution in [3.63, 3.8) is 0 Å². The molecule has 6 aromatic heterocycles. The van der Waals surface area contributed by atoms with Crippen molar-refractivity contribution in [3.8, 4) is 0 Å². The zero-order valence-electron chi connectivity index (χ0n) is 76.8. The zero-order chi connectivity index (χ0) is 94.0. The van der Waals surface area contributed by atoms with Crippen molar-refractivity contribution in [1.82, 2.24) is 0 Å². The molecule has 0 atom stereocenters. The number of nitrogens with zero attached hydrogens (tertiary/aromatic N) is 6. The van der Waals surface area contributed by atoms with E-state index < -0.39 is 0 Å². The highest BCUT2D eigenvalue weighted by molar-refractivity contribution is 7.28. The lowest BCUT2D eigenvalue weighted by Crippen LogP contribution is -2.09. The predicted octanol–water partition coefficient (Wildman–Crippen LogP) is 40.8. The van der Waals surface area contributed by atoms with Crippen LogP contribution >= 0.6 is 68.0 Å². The van der Waals surface area contributed by atoms with E-state index in [9.17, 15) is 0 Å².